The maximum atomic E-state index is 13.5. The first kappa shape index (κ1) is 29.6. The fraction of sp³-hybridized carbons (Fsp3) is 0.200. The SMILES string of the molecule is CCOC(=O)Cc1csc(NC(=O)C(Sc2cccc(NC(=O)c3c(OC)cccc3OC)c2)c2ccccc2)n1. The maximum absolute atomic E-state index is 13.5. The van der Waals surface area contributed by atoms with Crippen LogP contribution in [-0.2, 0) is 20.7 Å². The molecule has 4 aromatic rings. The van der Waals surface area contributed by atoms with Crippen LogP contribution in [0.2, 0.25) is 0 Å². The summed E-state index contributed by atoms with van der Waals surface area (Å²) >= 11 is 2.58. The molecule has 2 N–H and O–H groups in total. The molecular formula is C30H29N3O6S2. The van der Waals surface area contributed by atoms with Gasteiger partial charge in [0.2, 0.25) is 5.91 Å². The lowest BCUT2D eigenvalue weighted by molar-refractivity contribution is -0.142. The standard InChI is InChI=1S/C30H29N3O6S2/c1-4-39-25(34)17-21-18-40-30(32-21)33-29(36)27(19-10-6-5-7-11-19)41-22-13-8-12-20(16-22)31-28(35)26-23(37-2)14-9-15-24(26)38-3/h5-16,18,27H,4,17H2,1-3H3,(H,31,35)(H,32,33,36). The van der Waals surface area contributed by atoms with Crippen LogP contribution in [0.5, 0.6) is 11.5 Å². The third-order valence-corrected chi connectivity index (χ3v) is 7.81. The average Bonchev–Trinajstić information content (AvgIpc) is 3.42. The first-order chi connectivity index (χ1) is 19.9. The van der Waals surface area contributed by atoms with Gasteiger partial charge in [0.1, 0.15) is 22.3 Å². The zero-order valence-electron chi connectivity index (χ0n) is 22.7. The van der Waals surface area contributed by atoms with E-state index in [4.69, 9.17) is 14.2 Å². The molecule has 0 saturated carbocycles. The minimum absolute atomic E-state index is 0.0380. The summed E-state index contributed by atoms with van der Waals surface area (Å²) in [6.45, 7) is 2.04. The van der Waals surface area contributed by atoms with Crippen LogP contribution in [0.4, 0.5) is 10.8 Å². The van der Waals surface area contributed by atoms with Gasteiger partial charge in [-0.15, -0.1) is 23.1 Å². The number of hydrogen-bond donors (Lipinski definition) is 2. The molecule has 2 amide bonds. The fourth-order valence-electron chi connectivity index (χ4n) is 3.93. The first-order valence-electron chi connectivity index (χ1n) is 12.7. The van der Waals surface area contributed by atoms with Crippen LogP contribution in [0.15, 0.2) is 83.1 Å². The number of rotatable bonds is 12. The molecular weight excluding hydrogens is 562 g/mol. The van der Waals surface area contributed by atoms with E-state index >= 15 is 0 Å². The number of nitrogens with one attached hydrogen (secondary N) is 2. The summed E-state index contributed by atoms with van der Waals surface area (Å²) in [4.78, 5) is 43.6. The Hall–Kier alpha value is -4.35. The number of nitrogens with zero attached hydrogens (tertiary/aromatic N) is 1. The summed E-state index contributed by atoms with van der Waals surface area (Å²) in [5, 5.41) is 7.27. The molecule has 212 valence electrons. The zero-order chi connectivity index (χ0) is 29.2. The fourth-order valence-corrected chi connectivity index (χ4v) is 5.73. The van der Waals surface area contributed by atoms with E-state index in [1.165, 1.54) is 37.3 Å². The smallest absolute Gasteiger partial charge is 0.311 e. The van der Waals surface area contributed by atoms with Crippen molar-refractivity contribution in [3.05, 3.63) is 95.0 Å². The van der Waals surface area contributed by atoms with Crippen molar-refractivity contribution in [2.45, 2.75) is 23.5 Å². The largest absolute Gasteiger partial charge is 0.496 e. The Morgan fingerprint density at radius 3 is 2.32 bits per heavy atom. The van der Waals surface area contributed by atoms with Crippen molar-refractivity contribution in [2.75, 3.05) is 31.5 Å². The van der Waals surface area contributed by atoms with E-state index in [1.54, 1.807) is 48.7 Å². The molecule has 0 spiro atoms. The highest BCUT2D eigenvalue weighted by Gasteiger charge is 2.24. The van der Waals surface area contributed by atoms with E-state index in [2.05, 4.69) is 15.6 Å². The highest BCUT2D eigenvalue weighted by Crippen LogP contribution is 2.38. The van der Waals surface area contributed by atoms with Gasteiger partial charge in [0.25, 0.3) is 5.91 Å². The van der Waals surface area contributed by atoms with Gasteiger partial charge in [-0.2, -0.15) is 0 Å². The predicted octanol–water partition coefficient (Wildman–Crippen LogP) is 5.99. The van der Waals surface area contributed by atoms with Crippen LogP contribution in [-0.4, -0.2) is 43.6 Å². The molecule has 1 heterocycles. The number of methoxy groups -OCH3 is 2. The van der Waals surface area contributed by atoms with E-state index in [0.29, 0.717) is 34.6 Å². The molecule has 1 aromatic heterocycles. The average molecular weight is 592 g/mol. The van der Waals surface area contributed by atoms with E-state index in [-0.39, 0.29) is 29.8 Å². The molecule has 0 aliphatic rings. The molecule has 1 atom stereocenters. The van der Waals surface area contributed by atoms with Crippen LogP contribution < -0.4 is 20.1 Å². The zero-order valence-corrected chi connectivity index (χ0v) is 24.3. The van der Waals surface area contributed by atoms with Gasteiger partial charge in [-0.25, -0.2) is 4.98 Å². The molecule has 0 aliphatic heterocycles. The normalized spacial score (nSPS) is 11.3. The molecule has 0 radical (unpaired) electrons. The maximum Gasteiger partial charge on any atom is 0.311 e. The van der Waals surface area contributed by atoms with Crippen LogP contribution in [0.1, 0.15) is 33.8 Å². The van der Waals surface area contributed by atoms with Crippen molar-refractivity contribution in [1.82, 2.24) is 4.98 Å². The van der Waals surface area contributed by atoms with Gasteiger partial charge < -0.3 is 24.8 Å². The number of thioether (sulfide) groups is 1. The van der Waals surface area contributed by atoms with Gasteiger partial charge in [0.05, 0.1) is 32.9 Å². The van der Waals surface area contributed by atoms with Crippen molar-refractivity contribution >= 4 is 51.7 Å². The van der Waals surface area contributed by atoms with Crippen molar-refractivity contribution < 1.29 is 28.6 Å². The van der Waals surface area contributed by atoms with Gasteiger partial charge in [-0.3, -0.25) is 14.4 Å². The molecule has 0 aliphatic carbocycles. The van der Waals surface area contributed by atoms with Gasteiger partial charge in [-0.05, 0) is 42.8 Å². The third kappa shape index (κ3) is 7.86. The quantitative estimate of drug-likeness (QED) is 0.153. The summed E-state index contributed by atoms with van der Waals surface area (Å²) in [5.41, 5.74) is 2.15. The molecule has 11 heteroatoms. The predicted molar refractivity (Wildman–Crippen MR) is 160 cm³/mol. The molecule has 0 saturated heterocycles. The molecule has 0 fully saturated rings. The number of esters is 1. The highest BCUT2D eigenvalue weighted by atomic mass is 32.2. The Kier molecular flexibility index (Phi) is 10.4. The number of amides is 2. The summed E-state index contributed by atoms with van der Waals surface area (Å²) in [6.07, 6.45) is 0.0380. The second kappa shape index (κ2) is 14.3. The van der Waals surface area contributed by atoms with Gasteiger partial charge in [-0.1, -0.05) is 42.5 Å². The van der Waals surface area contributed by atoms with E-state index in [0.717, 1.165) is 10.5 Å². The Balaban J connectivity index is 1.52. The molecule has 1 unspecified atom stereocenters. The number of ether oxygens (including phenoxy) is 3. The molecule has 3 aromatic carbocycles. The Bertz CT molecular complexity index is 1490. The Morgan fingerprint density at radius 1 is 0.927 bits per heavy atom. The van der Waals surface area contributed by atoms with E-state index in [1.807, 2.05) is 36.4 Å². The molecule has 41 heavy (non-hydrogen) atoms. The summed E-state index contributed by atoms with van der Waals surface area (Å²) < 4.78 is 15.7. The molecule has 9 nitrogen and oxygen atoms in total. The number of thiazole rings is 1. The lowest BCUT2D eigenvalue weighted by atomic mass is 10.1. The van der Waals surface area contributed by atoms with Crippen molar-refractivity contribution in [2.24, 2.45) is 0 Å². The lowest BCUT2D eigenvalue weighted by Crippen LogP contribution is -2.19. The van der Waals surface area contributed by atoms with E-state index < -0.39 is 5.25 Å². The highest BCUT2D eigenvalue weighted by molar-refractivity contribution is 8.00. The van der Waals surface area contributed by atoms with E-state index in [9.17, 15) is 14.4 Å². The monoisotopic (exact) mass is 591 g/mol. The minimum atomic E-state index is -0.617. The lowest BCUT2D eigenvalue weighted by Gasteiger charge is -2.17. The van der Waals surface area contributed by atoms with Gasteiger partial charge in [0.15, 0.2) is 5.13 Å². The van der Waals surface area contributed by atoms with Crippen LogP contribution in [0.25, 0.3) is 0 Å². The summed E-state index contributed by atoms with van der Waals surface area (Å²) in [6, 6.07) is 21.7. The second-order valence-corrected chi connectivity index (χ2v) is 10.6. The van der Waals surface area contributed by atoms with Gasteiger partial charge in [0, 0.05) is 16.0 Å². The molecule has 0 bridgehead atoms. The van der Waals surface area contributed by atoms with Crippen molar-refractivity contribution in [1.29, 1.82) is 0 Å². The van der Waals surface area contributed by atoms with Crippen LogP contribution >= 0.6 is 23.1 Å². The second-order valence-electron chi connectivity index (χ2n) is 8.54. The summed E-state index contributed by atoms with van der Waals surface area (Å²) in [7, 11) is 2.98. The number of benzene rings is 3. The third-order valence-electron chi connectivity index (χ3n) is 5.75. The van der Waals surface area contributed by atoms with Crippen LogP contribution in [0, 0.1) is 0 Å². The topological polar surface area (TPSA) is 116 Å². The minimum Gasteiger partial charge on any atom is -0.496 e. The molecule has 4 rings (SSSR count). The van der Waals surface area contributed by atoms with Crippen LogP contribution in [0.3, 0.4) is 0 Å². The Labute approximate surface area is 246 Å². The Morgan fingerprint density at radius 2 is 1.63 bits per heavy atom. The van der Waals surface area contributed by atoms with Crippen molar-refractivity contribution in [3.8, 4) is 11.5 Å². The van der Waals surface area contributed by atoms with Crippen molar-refractivity contribution in [3.63, 3.8) is 0 Å². The number of carbonyl (C=O) groups is 3. The first-order valence-corrected chi connectivity index (χ1v) is 14.4. The summed E-state index contributed by atoms with van der Waals surface area (Å²) in [5.74, 6) is -0.251. The number of anilines is 2. The number of carbonyl (C=O) groups excluding carboxylic acids is 3. The number of aromatic nitrogens is 1. The number of hydrogen-bond acceptors (Lipinski definition) is 9. The van der Waals surface area contributed by atoms with Gasteiger partial charge >= 0.3 is 5.97 Å².